The first-order chi connectivity index (χ1) is 39.2. The molecule has 0 fully saturated rings. The minimum Gasteiger partial charge on any atom is -3.00 e. The van der Waals surface area contributed by atoms with E-state index in [1.165, 1.54) is 11.1 Å². The molecule has 11 heteroatoms. The molecular weight excluding hydrogens is 1370 g/mol. The van der Waals surface area contributed by atoms with E-state index >= 15 is 0 Å². The van der Waals surface area contributed by atoms with Crippen LogP contribution in [0.25, 0.3) is 45.0 Å². The number of benzene rings is 6. The number of phenols is 1. The van der Waals surface area contributed by atoms with E-state index in [1.54, 1.807) is 49.3 Å². The number of hydrogen-bond donors (Lipinski definition) is 1. The van der Waals surface area contributed by atoms with Crippen molar-refractivity contribution < 1.29 is 45.3 Å². The van der Waals surface area contributed by atoms with Crippen molar-refractivity contribution in [3.05, 3.63) is 296 Å². The van der Waals surface area contributed by atoms with Crippen LogP contribution in [0, 0.1) is 52.0 Å². The van der Waals surface area contributed by atoms with Crippen molar-refractivity contribution in [2.45, 2.75) is 46.7 Å². The maximum absolute atomic E-state index is 9.48. The van der Waals surface area contributed by atoms with E-state index in [9.17, 15) is 5.11 Å². The zero-order chi connectivity index (χ0) is 56.0. The van der Waals surface area contributed by atoms with Crippen molar-refractivity contribution in [1.29, 1.82) is 0 Å². The van der Waals surface area contributed by atoms with Crippen molar-refractivity contribution >= 4 is 35.7 Å². The molecule has 0 amide bonds. The number of aliphatic imine (C=N–C) groups is 4. The van der Waals surface area contributed by atoms with Gasteiger partial charge in [-0.05, 0) is 128 Å². The van der Waals surface area contributed by atoms with Crippen LogP contribution >= 0.6 is 0 Å². The number of aromatic hydroxyl groups is 1. The van der Waals surface area contributed by atoms with Crippen molar-refractivity contribution in [3.63, 3.8) is 0 Å². The molecule has 0 bridgehead atoms. The predicted molar refractivity (Wildman–Crippen MR) is 331 cm³/mol. The van der Waals surface area contributed by atoms with Gasteiger partial charge >= 0.3 is 0 Å². The van der Waals surface area contributed by atoms with Gasteiger partial charge in [-0.3, -0.25) is 20.0 Å². The predicted octanol–water partition coefficient (Wildman–Crippen LogP) is 16.3. The maximum atomic E-state index is 9.48. The summed E-state index contributed by atoms with van der Waals surface area (Å²) < 4.78 is 0. The van der Waals surface area contributed by atoms with Gasteiger partial charge in [0.25, 0.3) is 0 Å². The van der Waals surface area contributed by atoms with Gasteiger partial charge in [0.2, 0.25) is 0 Å². The Hall–Kier alpha value is -8.82. The number of hydrogen-bond acceptors (Lipinski definition) is 9. The van der Waals surface area contributed by atoms with E-state index in [0.717, 1.165) is 73.2 Å². The fourth-order valence-electron chi connectivity index (χ4n) is 7.86. The Balaban J connectivity index is 0.000000180. The second-order valence-corrected chi connectivity index (χ2v) is 18.0. The van der Waals surface area contributed by atoms with Crippen LogP contribution in [-0.4, -0.2) is 61.5 Å². The van der Waals surface area contributed by atoms with Gasteiger partial charge in [0.05, 0.1) is 11.4 Å². The topological polar surface area (TPSA) is 121 Å². The van der Waals surface area contributed by atoms with Crippen LogP contribution < -0.4 is 0 Å². The summed E-state index contributed by atoms with van der Waals surface area (Å²) in [4.78, 5) is 34.5. The van der Waals surface area contributed by atoms with Gasteiger partial charge in [-0.15, -0.1) is 144 Å². The van der Waals surface area contributed by atoms with Crippen LogP contribution in [0.15, 0.2) is 269 Å². The van der Waals surface area contributed by atoms with Crippen LogP contribution in [0.2, 0.25) is 0 Å². The molecule has 0 saturated heterocycles. The van der Waals surface area contributed by atoms with Crippen LogP contribution in [0.4, 0.5) is 11.4 Å². The molecule has 82 heavy (non-hydrogen) atoms. The number of allylic oxidation sites excluding steroid dienone is 2. The summed E-state index contributed by atoms with van der Waals surface area (Å²) in [5.74, 6) is 0.287. The maximum Gasteiger partial charge on any atom is 0.116 e. The van der Waals surface area contributed by atoms with Crippen molar-refractivity contribution in [2.24, 2.45) is 20.0 Å². The Morgan fingerprint density at radius 3 is 1.13 bits per heavy atom. The fraction of sp³-hybridized carbons (Fsp3) is 0.0986. The SMILES string of the molecule is CC(=Nc1c(C)cc(O)cc1C)C1C=CC=N1.Cc1cccc(C)c1N=CC1C=CC=N1.[Ir-3].[Ir-3].[c-]1ccccc1-c1ccccn1.[c-]1ccccc1-c1ccccn1.[c-]1ccccc1-c1ccccn1.[c-]1ccccc1-c1ccccn1. The molecule has 0 spiro atoms. The fourth-order valence-corrected chi connectivity index (χ4v) is 7.86. The smallest absolute Gasteiger partial charge is 0.116 e. The molecule has 1 N–H and O–H groups in total. The Kier molecular flexibility index (Phi) is 27.9. The van der Waals surface area contributed by atoms with Crippen LogP contribution in [-0.2, 0) is 40.2 Å². The Morgan fingerprint density at radius 2 is 0.817 bits per heavy atom. The number of para-hydroxylation sites is 1. The average Bonchev–Trinajstić information content (AvgIpc) is 4.28. The number of phenolic OH excluding ortho intramolecular Hbond substituents is 1. The van der Waals surface area contributed by atoms with Gasteiger partial charge in [0, 0.05) is 49.1 Å². The zero-order valence-corrected chi connectivity index (χ0v) is 51.0. The third-order valence-corrected chi connectivity index (χ3v) is 11.9. The summed E-state index contributed by atoms with van der Waals surface area (Å²) in [5, 5.41) is 9.48. The first-order valence-corrected chi connectivity index (χ1v) is 26.1. The normalized spacial score (nSPS) is 13.1. The molecule has 0 aliphatic carbocycles. The number of nitrogens with zero attached hydrogens (tertiary/aromatic N) is 8. The molecule has 2 unspecified atom stereocenters. The van der Waals surface area contributed by atoms with Gasteiger partial charge < -0.3 is 65.3 Å². The summed E-state index contributed by atoms with van der Waals surface area (Å²) in [6.07, 6.45) is 20.6. The van der Waals surface area contributed by atoms with E-state index < -0.39 is 0 Å². The standard InChI is InChI=1S/C14H16N2O.C13H14N2.4C11H8N.2Ir/c1-9-7-12(17)8-10(2)14(9)16-11(3)13-5-4-6-15-13;1-10-5-3-6-11(2)13(10)15-9-12-7-4-8-14-12;4*1-2-6-10(7-3-1)11-8-4-5-9-12-11;;/h4-8,13,17H,1-3H3;3-9,12H,1-2H3;4*1-6,8-9H;;/q;;4*-1;2*-3. The average molecular weight is 1430 g/mol. The Bertz CT molecular complexity index is 3070. The van der Waals surface area contributed by atoms with Gasteiger partial charge in [0.15, 0.2) is 0 Å². The summed E-state index contributed by atoms with van der Waals surface area (Å²) in [6.45, 7) is 10.0. The van der Waals surface area contributed by atoms with E-state index in [0.29, 0.717) is 0 Å². The van der Waals surface area contributed by atoms with E-state index in [-0.39, 0.29) is 58.0 Å². The molecule has 6 aromatic carbocycles. The zero-order valence-electron chi connectivity index (χ0n) is 46.2. The quantitative estimate of drug-likeness (QED) is 0.120. The number of aromatic nitrogens is 4. The van der Waals surface area contributed by atoms with Crippen molar-refractivity contribution in [2.75, 3.05) is 0 Å². The van der Waals surface area contributed by atoms with Crippen molar-refractivity contribution in [3.8, 4) is 50.8 Å². The Labute approximate surface area is 510 Å². The minimum absolute atomic E-state index is 0. The Morgan fingerprint density at radius 1 is 0.439 bits per heavy atom. The van der Waals surface area contributed by atoms with Gasteiger partial charge in [-0.25, -0.2) is 0 Å². The summed E-state index contributed by atoms with van der Waals surface area (Å²) in [5.41, 5.74) is 15.4. The minimum atomic E-state index is 0. The summed E-state index contributed by atoms with van der Waals surface area (Å²) in [7, 11) is 0. The molecule has 2 aliphatic rings. The van der Waals surface area contributed by atoms with Crippen molar-refractivity contribution in [1.82, 2.24) is 19.9 Å². The molecular formula is C71H62Ir2N8O-10. The van der Waals surface area contributed by atoms with Gasteiger partial charge in [-0.2, -0.15) is 0 Å². The largest absolute Gasteiger partial charge is 3.00 e. The second kappa shape index (κ2) is 35.7. The van der Waals surface area contributed by atoms with E-state index in [1.807, 2.05) is 221 Å². The third-order valence-electron chi connectivity index (χ3n) is 11.9. The monoisotopic (exact) mass is 1430 g/mol. The molecule has 0 radical (unpaired) electrons. The second-order valence-electron chi connectivity index (χ2n) is 18.0. The molecule has 12 rings (SSSR count). The molecule has 4 aromatic heterocycles. The van der Waals surface area contributed by atoms with Crippen LogP contribution in [0.3, 0.4) is 0 Å². The number of pyridine rings is 4. The van der Waals surface area contributed by atoms with Gasteiger partial charge in [-0.1, -0.05) is 78.9 Å². The number of rotatable bonds is 8. The summed E-state index contributed by atoms with van der Waals surface area (Å²) in [6, 6.07) is 77.1. The first kappa shape index (κ1) is 64.0. The van der Waals surface area contributed by atoms with E-state index in [4.69, 9.17) is 0 Å². The van der Waals surface area contributed by atoms with Crippen LogP contribution in [0.5, 0.6) is 5.75 Å². The molecule has 10 aromatic rings. The first-order valence-electron chi connectivity index (χ1n) is 26.1. The molecule has 0 saturated carbocycles. The molecule has 6 heterocycles. The molecule has 9 nitrogen and oxygen atoms in total. The molecule has 2 aliphatic heterocycles. The third kappa shape index (κ3) is 21.3. The van der Waals surface area contributed by atoms with E-state index in [2.05, 4.69) is 96.2 Å². The number of aryl methyl sites for hydroxylation is 4. The van der Waals surface area contributed by atoms with Gasteiger partial charge in [0.1, 0.15) is 17.8 Å². The molecule has 420 valence electrons. The summed E-state index contributed by atoms with van der Waals surface area (Å²) >= 11 is 0. The van der Waals surface area contributed by atoms with Crippen LogP contribution in [0.1, 0.15) is 29.2 Å². The molecule has 2 atom stereocenters.